The van der Waals surface area contributed by atoms with E-state index in [0.717, 1.165) is 18.5 Å². The number of carboxylic acid groups (broad SMARTS) is 1. The molecule has 1 aliphatic heterocycles. The van der Waals surface area contributed by atoms with Crippen molar-refractivity contribution in [2.24, 2.45) is 0 Å². The minimum Gasteiger partial charge on any atom is -0.465 e. The second-order valence-electron chi connectivity index (χ2n) is 3.71. The van der Waals surface area contributed by atoms with Gasteiger partial charge in [-0.3, -0.25) is 3.59 Å². The van der Waals surface area contributed by atoms with Crippen LogP contribution in [0, 0.1) is 0 Å². The molecular weight excluding hydrogens is 262 g/mol. The summed E-state index contributed by atoms with van der Waals surface area (Å²) in [5.74, 6) is 0.230. The molecule has 1 N–H and O–H groups in total. The first-order valence-corrected chi connectivity index (χ1v) is 5.55. The van der Waals surface area contributed by atoms with Crippen LogP contribution in [0.4, 0.5) is 4.79 Å². The molecule has 82 valence electrons. The Kier molecular flexibility index (Phi) is 2.95. The second-order valence-corrected chi connectivity index (χ2v) is 4.53. The maximum atomic E-state index is 10.8. The Morgan fingerprint density at radius 2 is 2.47 bits per heavy atom. The molecule has 1 aliphatic rings. The number of likely N-dealkylation sites (tertiary alicyclic amines) is 1. The van der Waals surface area contributed by atoms with Crippen molar-refractivity contribution in [2.75, 3.05) is 13.1 Å². The molecule has 0 bridgehead atoms. The largest absolute Gasteiger partial charge is 0.465 e. The quantitative estimate of drug-likeness (QED) is 0.850. The van der Waals surface area contributed by atoms with Crippen molar-refractivity contribution in [3.63, 3.8) is 0 Å². The maximum absolute atomic E-state index is 10.8. The van der Waals surface area contributed by atoms with Gasteiger partial charge in [-0.05, 0) is 12.8 Å². The van der Waals surface area contributed by atoms with Crippen LogP contribution in [-0.4, -0.2) is 37.8 Å². The van der Waals surface area contributed by atoms with Crippen molar-refractivity contribution >= 4 is 22.2 Å². The highest BCUT2D eigenvalue weighted by molar-refractivity contribution is 9.08. The molecule has 2 rings (SSSR count). The summed E-state index contributed by atoms with van der Waals surface area (Å²) in [6.45, 7) is 1.19. The Morgan fingerprint density at radius 3 is 3.07 bits per heavy atom. The van der Waals surface area contributed by atoms with Gasteiger partial charge in [-0.15, -0.1) is 0 Å². The molecule has 1 aromatic rings. The number of hydrogen-bond donors (Lipinski definition) is 1. The molecule has 2 heterocycles. The molecule has 0 radical (unpaired) electrons. The van der Waals surface area contributed by atoms with Crippen LogP contribution in [-0.2, 0) is 0 Å². The summed E-state index contributed by atoms with van der Waals surface area (Å²) in [4.78, 5) is 16.5. The Hall–Kier alpha value is -1.04. The van der Waals surface area contributed by atoms with Gasteiger partial charge in [-0.2, -0.15) is 0 Å². The lowest BCUT2D eigenvalue weighted by Gasteiger charge is -2.29. The Balaban J connectivity index is 2.07. The fourth-order valence-corrected chi connectivity index (χ4v) is 2.22. The van der Waals surface area contributed by atoms with Crippen molar-refractivity contribution in [3.05, 3.63) is 18.2 Å². The highest BCUT2D eigenvalue weighted by Crippen LogP contribution is 2.25. The van der Waals surface area contributed by atoms with Crippen LogP contribution in [0.15, 0.2) is 12.5 Å². The van der Waals surface area contributed by atoms with Gasteiger partial charge in [0.2, 0.25) is 0 Å². The standard InChI is InChI=1S/C9H12BrN3O2/c10-13-5-8(11-6-13)7-2-1-3-12(4-7)9(14)15/h5-7H,1-4H2,(H,14,15)/t7-/m0/s1. The van der Waals surface area contributed by atoms with E-state index in [-0.39, 0.29) is 5.92 Å². The van der Waals surface area contributed by atoms with E-state index in [4.69, 9.17) is 5.11 Å². The SMILES string of the molecule is O=C(O)N1CCC[C@H](c2cn(Br)cn2)C1. The minimum atomic E-state index is -0.835. The Bertz CT molecular complexity index is 366. The number of imidazole rings is 1. The molecule has 15 heavy (non-hydrogen) atoms. The zero-order valence-electron chi connectivity index (χ0n) is 8.14. The lowest BCUT2D eigenvalue weighted by atomic mass is 9.96. The zero-order chi connectivity index (χ0) is 10.8. The average molecular weight is 274 g/mol. The second kappa shape index (κ2) is 4.22. The normalized spacial score (nSPS) is 21.7. The molecule has 1 atom stereocenters. The molecule has 1 saturated heterocycles. The predicted molar refractivity (Wildman–Crippen MR) is 58.1 cm³/mol. The average Bonchev–Trinajstić information content (AvgIpc) is 2.65. The number of nitrogens with zero attached hydrogens (tertiary/aromatic N) is 3. The molecule has 0 saturated carbocycles. The van der Waals surface area contributed by atoms with E-state index in [9.17, 15) is 4.79 Å². The maximum Gasteiger partial charge on any atom is 0.407 e. The molecule has 0 unspecified atom stereocenters. The Morgan fingerprint density at radius 1 is 1.67 bits per heavy atom. The first-order chi connectivity index (χ1) is 7.16. The van der Waals surface area contributed by atoms with Crippen molar-refractivity contribution in [2.45, 2.75) is 18.8 Å². The minimum absolute atomic E-state index is 0.230. The van der Waals surface area contributed by atoms with Gasteiger partial charge >= 0.3 is 6.09 Å². The summed E-state index contributed by atoms with van der Waals surface area (Å²) in [5.41, 5.74) is 0.956. The molecule has 1 aromatic heterocycles. The summed E-state index contributed by atoms with van der Waals surface area (Å²) in [6, 6.07) is 0. The Labute approximate surface area is 96.0 Å². The highest BCUT2D eigenvalue weighted by Gasteiger charge is 2.25. The lowest BCUT2D eigenvalue weighted by molar-refractivity contribution is 0.130. The van der Waals surface area contributed by atoms with Gasteiger partial charge in [-0.25, -0.2) is 9.78 Å². The van der Waals surface area contributed by atoms with Crippen LogP contribution >= 0.6 is 16.1 Å². The molecule has 0 aromatic carbocycles. The number of halogens is 1. The number of amides is 1. The number of piperidine rings is 1. The molecule has 5 nitrogen and oxygen atoms in total. The summed E-state index contributed by atoms with van der Waals surface area (Å²) >= 11 is 3.27. The summed E-state index contributed by atoms with van der Waals surface area (Å²) in [6.07, 6.45) is 4.64. The third-order valence-electron chi connectivity index (χ3n) is 2.68. The van der Waals surface area contributed by atoms with Gasteiger partial charge in [0.1, 0.15) is 6.33 Å². The zero-order valence-corrected chi connectivity index (χ0v) is 9.72. The molecule has 0 aliphatic carbocycles. The van der Waals surface area contributed by atoms with Crippen LogP contribution in [0.5, 0.6) is 0 Å². The van der Waals surface area contributed by atoms with Gasteiger partial charge in [0, 0.05) is 25.2 Å². The van der Waals surface area contributed by atoms with E-state index in [1.807, 2.05) is 6.20 Å². The topological polar surface area (TPSA) is 58.4 Å². The fourth-order valence-electron chi connectivity index (χ4n) is 1.92. The van der Waals surface area contributed by atoms with Crippen LogP contribution in [0.25, 0.3) is 0 Å². The van der Waals surface area contributed by atoms with Gasteiger partial charge in [0.25, 0.3) is 0 Å². The third kappa shape index (κ3) is 2.31. The van der Waals surface area contributed by atoms with Crippen molar-refractivity contribution in [1.29, 1.82) is 0 Å². The van der Waals surface area contributed by atoms with Crippen LogP contribution in [0.3, 0.4) is 0 Å². The van der Waals surface area contributed by atoms with E-state index in [1.165, 1.54) is 4.90 Å². The van der Waals surface area contributed by atoms with Gasteiger partial charge < -0.3 is 10.0 Å². The van der Waals surface area contributed by atoms with E-state index in [0.29, 0.717) is 13.1 Å². The monoisotopic (exact) mass is 273 g/mol. The molecular formula is C9H12BrN3O2. The number of hydrogen-bond acceptors (Lipinski definition) is 2. The molecule has 1 fully saturated rings. The first kappa shape index (κ1) is 10.5. The highest BCUT2D eigenvalue weighted by atomic mass is 79.9. The van der Waals surface area contributed by atoms with Gasteiger partial charge in [0.05, 0.1) is 21.8 Å². The number of aromatic nitrogens is 2. The van der Waals surface area contributed by atoms with Gasteiger partial charge in [-0.1, -0.05) is 0 Å². The van der Waals surface area contributed by atoms with E-state index >= 15 is 0 Å². The van der Waals surface area contributed by atoms with E-state index in [2.05, 4.69) is 21.1 Å². The lowest BCUT2D eigenvalue weighted by Crippen LogP contribution is -2.38. The van der Waals surface area contributed by atoms with Crippen LogP contribution in [0.2, 0.25) is 0 Å². The van der Waals surface area contributed by atoms with Crippen LogP contribution < -0.4 is 0 Å². The van der Waals surface area contributed by atoms with Crippen LogP contribution in [0.1, 0.15) is 24.5 Å². The fraction of sp³-hybridized carbons (Fsp3) is 0.556. The van der Waals surface area contributed by atoms with E-state index < -0.39 is 6.09 Å². The summed E-state index contributed by atoms with van der Waals surface area (Å²) in [7, 11) is 0. The van der Waals surface area contributed by atoms with Crippen molar-refractivity contribution < 1.29 is 9.90 Å². The van der Waals surface area contributed by atoms with Crippen molar-refractivity contribution in [1.82, 2.24) is 13.5 Å². The molecule has 1 amide bonds. The third-order valence-corrected chi connectivity index (χ3v) is 3.07. The number of rotatable bonds is 1. The summed E-state index contributed by atoms with van der Waals surface area (Å²) in [5, 5.41) is 8.90. The first-order valence-electron chi connectivity index (χ1n) is 4.84. The van der Waals surface area contributed by atoms with Crippen molar-refractivity contribution in [3.8, 4) is 0 Å². The number of carbonyl (C=O) groups is 1. The smallest absolute Gasteiger partial charge is 0.407 e. The van der Waals surface area contributed by atoms with E-state index in [1.54, 1.807) is 9.92 Å². The molecule has 6 heteroatoms. The van der Waals surface area contributed by atoms with Gasteiger partial charge in [0.15, 0.2) is 0 Å². The predicted octanol–water partition coefficient (Wildman–Crippen LogP) is 1.90. The molecule has 0 spiro atoms. The summed E-state index contributed by atoms with van der Waals surface area (Å²) < 4.78 is 1.71.